The van der Waals surface area contributed by atoms with Gasteiger partial charge >= 0.3 is 5.97 Å². The first-order valence-electron chi connectivity index (χ1n) is 7.14. The Morgan fingerprint density at radius 2 is 2.12 bits per heavy atom. The summed E-state index contributed by atoms with van der Waals surface area (Å²) in [6, 6.07) is 3.79. The van der Waals surface area contributed by atoms with Crippen molar-refractivity contribution < 1.29 is 18.7 Å². The number of hydrogen-bond acceptors (Lipinski definition) is 6. The Labute approximate surface area is 151 Å². The molecule has 10 heteroatoms. The number of hydrogen-bond donors (Lipinski definition) is 0. The third-order valence-electron chi connectivity index (χ3n) is 3.16. The van der Waals surface area contributed by atoms with Gasteiger partial charge in [0.1, 0.15) is 22.4 Å². The number of ether oxygens (including phenoxy) is 2. The van der Waals surface area contributed by atoms with E-state index < -0.39 is 11.8 Å². The van der Waals surface area contributed by atoms with E-state index in [1.807, 2.05) is 0 Å². The van der Waals surface area contributed by atoms with E-state index in [4.69, 9.17) is 32.7 Å². The van der Waals surface area contributed by atoms with Crippen LogP contribution in [0.25, 0.3) is 16.7 Å². The zero-order valence-corrected chi connectivity index (χ0v) is 14.4. The topological polar surface area (TPSA) is 79.1 Å². The molecule has 0 unspecified atom stereocenters. The van der Waals surface area contributed by atoms with Gasteiger partial charge in [-0.1, -0.05) is 11.6 Å². The Balaban J connectivity index is 2.04. The first kappa shape index (κ1) is 17.4. The van der Waals surface area contributed by atoms with Crippen molar-refractivity contribution in [2.45, 2.75) is 6.92 Å². The summed E-state index contributed by atoms with van der Waals surface area (Å²) in [5.74, 6) is -1.02. The third kappa shape index (κ3) is 3.64. The molecule has 3 rings (SSSR count). The molecule has 130 valence electrons. The quantitative estimate of drug-likeness (QED) is 0.381. The molecule has 0 N–H and O–H groups in total. The average molecular weight is 385 g/mol. The molecule has 2 heterocycles. The van der Waals surface area contributed by atoms with Crippen molar-refractivity contribution in [1.82, 2.24) is 19.7 Å². The molecule has 0 radical (unpaired) electrons. The van der Waals surface area contributed by atoms with Crippen LogP contribution in [-0.4, -0.2) is 38.9 Å². The zero-order chi connectivity index (χ0) is 18.0. The largest absolute Gasteiger partial charge is 0.480 e. The molecule has 1 aromatic carbocycles. The fourth-order valence-corrected chi connectivity index (χ4v) is 2.56. The molecule has 25 heavy (non-hydrogen) atoms. The van der Waals surface area contributed by atoms with Gasteiger partial charge in [-0.2, -0.15) is 10.1 Å². The Morgan fingerprint density at radius 3 is 2.88 bits per heavy atom. The monoisotopic (exact) mass is 384 g/mol. The van der Waals surface area contributed by atoms with E-state index in [1.165, 1.54) is 23.0 Å². The van der Waals surface area contributed by atoms with Crippen LogP contribution in [0.2, 0.25) is 10.4 Å². The van der Waals surface area contributed by atoms with Gasteiger partial charge in [0.05, 0.1) is 18.2 Å². The summed E-state index contributed by atoms with van der Waals surface area (Å²) in [6.07, 6.45) is 1.45. The van der Waals surface area contributed by atoms with Crippen molar-refractivity contribution in [2.24, 2.45) is 0 Å². The van der Waals surface area contributed by atoms with Gasteiger partial charge in [-0.25, -0.2) is 18.9 Å². The summed E-state index contributed by atoms with van der Waals surface area (Å²) in [5.41, 5.74) is 0.670. The van der Waals surface area contributed by atoms with Crippen LogP contribution in [0.5, 0.6) is 5.75 Å². The lowest BCUT2D eigenvalue weighted by Gasteiger charge is -2.12. The number of nitrogens with zero attached hydrogens (tertiary/aromatic N) is 4. The number of aromatic nitrogens is 4. The minimum Gasteiger partial charge on any atom is -0.480 e. The maximum atomic E-state index is 13.6. The predicted octanol–water partition coefficient (Wildman–Crippen LogP) is 3.20. The molecule has 0 aliphatic carbocycles. The molecular weight excluding hydrogens is 374 g/mol. The van der Waals surface area contributed by atoms with Crippen molar-refractivity contribution in [3.05, 3.63) is 40.6 Å². The summed E-state index contributed by atoms with van der Waals surface area (Å²) in [7, 11) is 0. The second kappa shape index (κ2) is 7.20. The van der Waals surface area contributed by atoms with Crippen molar-refractivity contribution in [3.8, 4) is 11.4 Å². The number of rotatable bonds is 5. The van der Waals surface area contributed by atoms with Crippen LogP contribution in [0.15, 0.2) is 24.4 Å². The number of halogens is 3. The van der Waals surface area contributed by atoms with E-state index in [1.54, 1.807) is 6.92 Å². The Hall–Kier alpha value is -2.45. The zero-order valence-electron chi connectivity index (χ0n) is 12.9. The van der Waals surface area contributed by atoms with Crippen molar-refractivity contribution in [3.63, 3.8) is 0 Å². The van der Waals surface area contributed by atoms with Crippen LogP contribution in [0.4, 0.5) is 4.39 Å². The molecule has 0 spiro atoms. The lowest BCUT2D eigenvalue weighted by Crippen LogP contribution is -2.15. The summed E-state index contributed by atoms with van der Waals surface area (Å²) in [6.45, 7) is 1.52. The van der Waals surface area contributed by atoms with Gasteiger partial charge in [-0.05, 0) is 30.7 Å². The van der Waals surface area contributed by atoms with E-state index >= 15 is 0 Å². The van der Waals surface area contributed by atoms with Gasteiger partial charge in [0.25, 0.3) is 0 Å². The maximum Gasteiger partial charge on any atom is 0.344 e. The highest BCUT2D eigenvalue weighted by molar-refractivity contribution is 6.35. The number of benzene rings is 1. The van der Waals surface area contributed by atoms with Crippen LogP contribution in [0.1, 0.15) is 6.92 Å². The number of esters is 1. The fourth-order valence-electron chi connectivity index (χ4n) is 2.14. The highest BCUT2D eigenvalue weighted by Crippen LogP contribution is 2.29. The highest BCUT2D eigenvalue weighted by Gasteiger charge is 2.17. The van der Waals surface area contributed by atoms with Gasteiger partial charge < -0.3 is 9.47 Å². The predicted molar refractivity (Wildman–Crippen MR) is 88.8 cm³/mol. The smallest absolute Gasteiger partial charge is 0.344 e. The summed E-state index contributed by atoms with van der Waals surface area (Å²) >= 11 is 11.9. The standard InChI is InChI=1S/C15H11Cl2FN4O3/c1-2-24-12(23)7-25-11-5-8(18)3-4-10(11)22-14-9(6-19-22)13(16)20-15(17)21-14/h3-6H,2,7H2,1H3. The normalized spacial score (nSPS) is 10.9. The molecule has 0 aliphatic heterocycles. The van der Waals surface area contributed by atoms with Crippen LogP contribution >= 0.6 is 23.2 Å². The minimum absolute atomic E-state index is 0.0599. The first-order valence-corrected chi connectivity index (χ1v) is 7.90. The highest BCUT2D eigenvalue weighted by atomic mass is 35.5. The molecule has 0 saturated heterocycles. The molecule has 0 amide bonds. The summed E-state index contributed by atoms with van der Waals surface area (Å²) < 4.78 is 25.2. The van der Waals surface area contributed by atoms with Crippen LogP contribution in [0.3, 0.4) is 0 Å². The molecule has 0 fully saturated rings. The van der Waals surface area contributed by atoms with Gasteiger partial charge in [-0.3, -0.25) is 0 Å². The molecule has 7 nitrogen and oxygen atoms in total. The van der Waals surface area contributed by atoms with Crippen molar-refractivity contribution in [2.75, 3.05) is 13.2 Å². The van der Waals surface area contributed by atoms with Crippen molar-refractivity contribution in [1.29, 1.82) is 0 Å². The molecule has 0 bridgehead atoms. The van der Waals surface area contributed by atoms with Crippen LogP contribution in [-0.2, 0) is 9.53 Å². The van der Waals surface area contributed by atoms with Crippen LogP contribution < -0.4 is 4.74 Å². The van der Waals surface area contributed by atoms with E-state index in [0.29, 0.717) is 16.7 Å². The lowest BCUT2D eigenvalue weighted by atomic mass is 10.3. The summed E-state index contributed by atoms with van der Waals surface area (Å²) in [4.78, 5) is 19.4. The fraction of sp³-hybridized carbons (Fsp3) is 0.200. The molecule has 3 aromatic rings. The summed E-state index contributed by atoms with van der Waals surface area (Å²) in [5, 5.41) is 4.71. The Bertz CT molecular complexity index is 948. The minimum atomic E-state index is -0.573. The first-order chi connectivity index (χ1) is 12.0. The number of carbonyl (C=O) groups excluding carboxylic acids is 1. The van der Waals surface area contributed by atoms with E-state index in [-0.39, 0.29) is 29.4 Å². The Morgan fingerprint density at radius 1 is 1.32 bits per heavy atom. The molecule has 0 saturated carbocycles. The SMILES string of the molecule is CCOC(=O)COc1cc(F)ccc1-n1ncc2c(Cl)nc(Cl)nc21. The Kier molecular flexibility index (Phi) is 5.00. The molecule has 0 aliphatic rings. The lowest BCUT2D eigenvalue weighted by molar-refractivity contribution is -0.145. The number of fused-ring (bicyclic) bond motifs is 1. The van der Waals surface area contributed by atoms with Gasteiger partial charge in [0.15, 0.2) is 12.3 Å². The second-order valence-electron chi connectivity index (χ2n) is 4.78. The molecule has 2 aromatic heterocycles. The van der Waals surface area contributed by atoms with E-state index in [2.05, 4.69) is 15.1 Å². The van der Waals surface area contributed by atoms with Gasteiger partial charge in [0, 0.05) is 6.07 Å². The maximum absolute atomic E-state index is 13.6. The molecular formula is C15H11Cl2FN4O3. The average Bonchev–Trinajstić information content (AvgIpc) is 2.97. The van der Waals surface area contributed by atoms with E-state index in [0.717, 1.165) is 6.07 Å². The van der Waals surface area contributed by atoms with Crippen LogP contribution in [0, 0.1) is 5.82 Å². The second-order valence-corrected chi connectivity index (χ2v) is 5.48. The van der Waals surface area contributed by atoms with Gasteiger partial charge in [0.2, 0.25) is 5.28 Å². The molecule has 0 atom stereocenters. The van der Waals surface area contributed by atoms with Crippen molar-refractivity contribution >= 4 is 40.2 Å². The van der Waals surface area contributed by atoms with E-state index in [9.17, 15) is 9.18 Å². The number of carbonyl (C=O) groups is 1. The van der Waals surface area contributed by atoms with Gasteiger partial charge in [-0.15, -0.1) is 0 Å². The third-order valence-corrected chi connectivity index (χ3v) is 3.61.